The highest BCUT2D eigenvalue weighted by Crippen LogP contribution is 2.37. The summed E-state index contributed by atoms with van der Waals surface area (Å²) >= 11 is 6.26. The lowest BCUT2D eigenvalue weighted by Gasteiger charge is -2.18. The van der Waals surface area contributed by atoms with Crippen molar-refractivity contribution in [1.29, 1.82) is 0 Å². The van der Waals surface area contributed by atoms with Crippen LogP contribution < -0.4 is 5.32 Å². The van der Waals surface area contributed by atoms with E-state index in [4.69, 9.17) is 21.7 Å². The van der Waals surface area contributed by atoms with Crippen LogP contribution in [0.25, 0.3) is 16.3 Å². The second kappa shape index (κ2) is 13.7. The molecule has 0 saturated heterocycles. The van der Waals surface area contributed by atoms with Crippen LogP contribution in [0, 0.1) is 5.92 Å². The lowest BCUT2D eigenvalue weighted by molar-refractivity contribution is 0.726. The summed E-state index contributed by atoms with van der Waals surface area (Å²) < 4.78 is 15.6. The van der Waals surface area contributed by atoms with Crippen molar-refractivity contribution in [2.24, 2.45) is 15.9 Å². The van der Waals surface area contributed by atoms with E-state index < -0.39 is 0 Å². The molecule has 1 aliphatic rings. The van der Waals surface area contributed by atoms with Gasteiger partial charge < -0.3 is 10.3 Å². The van der Waals surface area contributed by atoms with Gasteiger partial charge in [0.15, 0.2) is 0 Å². The number of allylic oxidation sites excluding steroid dienone is 1. The van der Waals surface area contributed by atoms with Gasteiger partial charge in [0.2, 0.25) is 0 Å². The van der Waals surface area contributed by atoms with Crippen molar-refractivity contribution in [3.8, 4) is 5.69 Å². The van der Waals surface area contributed by atoms with Crippen molar-refractivity contribution in [2.75, 3.05) is 13.6 Å². The number of H-pyrrole nitrogens is 1. The van der Waals surface area contributed by atoms with Crippen molar-refractivity contribution in [3.05, 3.63) is 94.5 Å². The number of aliphatic imine (C=N–C) groups is 2. The predicted octanol–water partition coefficient (Wildman–Crippen LogP) is 7.22. The number of hydrogen-bond donors (Lipinski definition) is 2. The Morgan fingerprint density at radius 3 is 2.58 bits per heavy atom. The molecule has 3 aromatic rings. The van der Waals surface area contributed by atoms with Gasteiger partial charge in [0.05, 0.1) is 34.3 Å². The van der Waals surface area contributed by atoms with Crippen LogP contribution in [0.2, 0.25) is 0 Å². The molecule has 1 saturated carbocycles. The van der Waals surface area contributed by atoms with E-state index in [1.807, 2.05) is 24.0 Å². The summed E-state index contributed by atoms with van der Waals surface area (Å²) in [6.07, 6.45) is 10.6. The number of nitrogens with one attached hydrogen (secondary N) is 2. The molecule has 0 radical (unpaired) electrons. The summed E-state index contributed by atoms with van der Waals surface area (Å²) in [6, 6.07) is 8.26. The Balaban J connectivity index is 1.95. The van der Waals surface area contributed by atoms with Crippen LogP contribution in [0.4, 0.5) is 4.39 Å². The topological polar surface area (TPSA) is 70.4 Å². The van der Waals surface area contributed by atoms with Gasteiger partial charge in [-0.1, -0.05) is 50.2 Å². The fraction of sp³-hybridized carbons (Fsp3) is 0.344. The van der Waals surface area contributed by atoms with Gasteiger partial charge in [-0.05, 0) is 68.1 Å². The molecule has 0 atom stereocenters. The maximum absolute atomic E-state index is 13.5. The SMILES string of the molecule is C=N/C=C(\C=NCc1c(CCNC)nn(-c2c(CC)cccc2CC)c1C(=C)c1cc[nH]c1/C(Cl)=C\F)C1CC1. The second-order valence-electron chi connectivity index (χ2n) is 9.93. The number of aromatic nitrogens is 3. The second-order valence-corrected chi connectivity index (χ2v) is 10.3. The average Bonchev–Trinajstić information content (AvgIpc) is 3.59. The quantitative estimate of drug-likeness (QED) is 0.204. The molecule has 0 aliphatic heterocycles. The zero-order valence-corrected chi connectivity index (χ0v) is 24.4. The van der Waals surface area contributed by atoms with Crippen molar-refractivity contribution >= 4 is 35.1 Å². The van der Waals surface area contributed by atoms with E-state index in [1.165, 1.54) is 11.1 Å². The number of aryl methyl sites for hydroxylation is 2. The third kappa shape index (κ3) is 6.26. The Labute approximate surface area is 241 Å². The summed E-state index contributed by atoms with van der Waals surface area (Å²) in [6.45, 7) is 13.6. The largest absolute Gasteiger partial charge is 0.360 e. The Bertz CT molecular complexity index is 1430. The lowest BCUT2D eigenvalue weighted by atomic mass is 9.97. The molecule has 0 unspecified atom stereocenters. The Morgan fingerprint density at radius 2 is 1.98 bits per heavy atom. The van der Waals surface area contributed by atoms with Gasteiger partial charge in [0.25, 0.3) is 0 Å². The number of aromatic amines is 1. The molecule has 6 nitrogen and oxygen atoms in total. The minimum absolute atomic E-state index is 0.0125. The molecule has 0 spiro atoms. The van der Waals surface area contributed by atoms with Gasteiger partial charge in [-0.25, -0.2) is 9.07 Å². The summed E-state index contributed by atoms with van der Waals surface area (Å²) in [5.74, 6) is 0.496. The highest BCUT2D eigenvalue weighted by Gasteiger charge is 2.27. The molecule has 0 bridgehead atoms. The first-order valence-electron chi connectivity index (χ1n) is 13.8. The van der Waals surface area contributed by atoms with Crippen molar-refractivity contribution in [2.45, 2.75) is 52.5 Å². The first-order valence-corrected chi connectivity index (χ1v) is 14.2. The van der Waals surface area contributed by atoms with Crippen LogP contribution in [-0.4, -0.2) is 41.3 Å². The smallest absolute Gasteiger partial charge is 0.107 e. The van der Waals surface area contributed by atoms with E-state index in [0.29, 0.717) is 35.6 Å². The summed E-state index contributed by atoms with van der Waals surface area (Å²) in [5, 5.41) is 8.45. The average molecular weight is 561 g/mol. The molecule has 4 rings (SSSR count). The number of nitrogens with zero attached hydrogens (tertiary/aromatic N) is 4. The summed E-state index contributed by atoms with van der Waals surface area (Å²) in [7, 11) is 1.93. The normalized spacial score (nSPS) is 14.3. The van der Waals surface area contributed by atoms with E-state index >= 15 is 0 Å². The van der Waals surface area contributed by atoms with Gasteiger partial charge in [-0.15, -0.1) is 0 Å². The zero-order valence-electron chi connectivity index (χ0n) is 23.6. The molecule has 2 aromatic heterocycles. The summed E-state index contributed by atoms with van der Waals surface area (Å²) in [5.41, 5.74) is 9.20. The number of halogens is 2. The maximum atomic E-state index is 13.5. The fourth-order valence-electron chi connectivity index (χ4n) is 5.07. The molecule has 8 heteroatoms. The number of rotatable bonds is 14. The van der Waals surface area contributed by atoms with Crippen LogP contribution >= 0.6 is 11.6 Å². The zero-order chi connectivity index (χ0) is 28.6. The number of likely N-dealkylation sites (N-methyl/N-ethyl adjacent to an activating group) is 1. The van der Waals surface area contributed by atoms with Crippen LogP contribution in [0.5, 0.6) is 0 Å². The Kier molecular flexibility index (Phi) is 10.1. The van der Waals surface area contributed by atoms with Gasteiger partial charge in [-0.2, -0.15) is 5.10 Å². The minimum atomic E-state index is -0.0125. The van der Waals surface area contributed by atoms with Crippen LogP contribution in [-0.2, 0) is 25.8 Å². The molecule has 210 valence electrons. The van der Waals surface area contributed by atoms with E-state index in [0.717, 1.165) is 66.9 Å². The highest BCUT2D eigenvalue weighted by atomic mass is 35.5. The number of benzene rings is 1. The van der Waals surface area contributed by atoms with Crippen LogP contribution in [0.3, 0.4) is 0 Å². The third-order valence-electron chi connectivity index (χ3n) is 7.33. The fourth-order valence-corrected chi connectivity index (χ4v) is 5.23. The van der Waals surface area contributed by atoms with Gasteiger partial charge in [0.1, 0.15) is 6.33 Å². The van der Waals surface area contributed by atoms with E-state index in [9.17, 15) is 4.39 Å². The standard InChI is InChI=1S/C32H38ClFN6/c1-6-22-9-8-10-23(7-2)32(22)40-31(21(3)26-13-16-38-30(26)28(33)17-34)27(29(39-40)14-15-35-4)20-37-19-25(18-36-5)24-11-12-24/h8-10,13,16-19,24,35,38H,3,5-7,11-12,14-15,20H2,1-2,4H3/b25-18+,28-17+,37-19?. The van der Waals surface area contributed by atoms with E-state index in [1.54, 1.807) is 12.4 Å². The van der Waals surface area contributed by atoms with Crippen molar-refractivity contribution in [1.82, 2.24) is 20.1 Å². The molecule has 1 aliphatic carbocycles. The molecular weight excluding hydrogens is 523 g/mol. The van der Waals surface area contributed by atoms with Crippen LogP contribution in [0.15, 0.2) is 65.1 Å². The molecule has 40 heavy (non-hydrogen) atoms. The first-order chi connectivity index (χ1) is 19.5. The van der Waals surface area contributed by atoms with Gasteiger partial charge in [0, 0.05) is 48.3 Å². The van der Waals surface area contributed by atoms with Crippen LogP contribution in [0.1, 0.15) is 66.0 Å². The molecule has 1 aromatic carbocycles. The molecular formula is C32H38ClFN6. The monoisotopic (exact) mass is 560 g/mol. The van der Waals surface area contributed by atoms with E-state index in [2.05, 4.69) is 60.6 Å². The number of hydrogen-bond acceptors (Lipinski definition) is 4. The van der Waals surface area contributed by atoms with Gasteiger partial charge in [-0.3, -0.25) is 9.98 Å². The lowest BCUT2D eigenvalue weighted by Crippen LogP contribution is -2.12. The molecule has 2 heterocycles. The van der Waals surface area contributed by atoms with Crippen molar-refractivity contribution < 1.29 is 4.39 Å². The van der Waals surface area contributed by atoms with E-state index in [-0.39, 0.29) is 5.03 Å². The first kappa shape index (κ1) is 29.4. The van der Waals surface area contributed by atoms with Gasteiger partial charge >= 0.3 is 0 Å². The molecule has 1 fully saturated rings. The van der Waals surface area contributed by atoms with Crippen molar-refractivity contribution in [3.63, 3.8) is 0 Å². The number of para-hydroxylation sites is 1. The molecule has 2 N–H and O–H groups in total. The summed E-state index contributed by atoms with van der Waals surface area (Å²) in [4.78, 5) is 11.9. The maximum Gasteiger partial charge on any atom is 0.107 e. The molecule has 0 amide bonds. The highest BCUT2D eigenvalue weighted by molar-refractivity contribution is 6.48. The third-order valence-corrected chi connectivity index (χ3v) is 7.60. The Hall–Kier alpha value is -3.55. The Morgan fingerprint density at radius 1 is 1.25 bits per heavy atom. The predicted molar refractivity (Wildman–Crippen MR) is 166 cm³/mol. The minimum Gasteiger partial charge on any atom is -0.360 e.